The average molecular weight is 350 g/mol. The molecular weight excluding hydrogens is 330 g/mol. The molecule has 0 unspecified atom stereocenters. The van der Waals surface area contributed by atoms with E-state index in [0.29, 0.717) is 0 Å². The average Bonchev–Trinajstić information content (AvgIpc) is 3.24. The summed E-state index contributed by atoms with van der Waals surface area (Å²) in [4.78, 5) is 0. The summed E-state index contributed by atoms with van der Waals surface area (Å²) in [6.45, 7) is 3.83. The van der Waals surface area contributed by atoms with Crippen LogP contribution in [0.4, 0.5) is 0 Å². The van der Waals surface area contributed by atoms with Crippen molar-refractivity contribution in [2.24, 2.45) is 0 Å². The van der Waals surface area contributed by atoms with Gasteiger partial charge in [-0.1, -0.05) is 6.07 Å². The molecule has 1 fully saturated rings. The van der Waals surface area contributed by atoms with E-state index in [2.05, 4.69) is 50.1 Å². The van der Waals surface area contributed by atoms with Crippen molar-refractivity contribution in [3.05, 3.63) is 45.7 Å². The van der Waals surface area contributed by atoms with Crippen LogP contribution in [-0.2, 0) is 13.1 Å². The molecule has 0 aliphatic heterocycles. The van der Waals surface area contributed by atoms with E-state index < -0.39 is 0 Å². The Bertz CT molecular complexity index is 634. The van der Waals surface area contributed by atoms with Gasteiger partial charge >= 0.3 is 0 Å². The Labute approximate surface area is 133 Å². The van der Waals surface area contributed by atoms with Gasteiger partial charge in [-0.2, -0.15) is 5.10 Å². The molecule has 3 rings (SSSR count). The van der Waals surface area contributed by atoms with Crippen LogP contribution in [0.25, 0.3) is 0 Å². The zero-order valence-electron chi connectivity index (χ0n) is 12.4. The minimum Gasteiger partial charge on any atom is -0.496 e. The predicted molar refractivity (Wildman–Crippen MR) is 86.6 cm³/mol. The molecule has 1 aliphatic carbocycles. The normalized spacial score (nSPS) is 14.4. The maximum absolute atomic E-state index is 5.26. The minimum atomic E-state index is 0.727. The van der Waals surface area contributed by atoms with Crippen molar-refractivity contribution in [1.29, 1.82) is 0 Å². The van der Waals surface area contributed by atoms with E-state index in [1.807, 2.05) is 12.3 Å². The second-order valence-corrected chi connectivity index (χ2v) is 6.39. The zero-order chi connectivity index (χ0) is 14.8. The molecule has 0 radical (unpaired) electrons. The van der Waals surface area contributed by atoms with E-state index in [-0.39, 0.29) is 0 Å². The van der Waals surface area contributed by atoms with Crippen LogP contribution in [0.3, 0.4) is 0 Å². The first-order valence-corrected chi connectivity index (χ1v) is 8.03. The number of nitrogens with zero attached hydrogens (tertiary/aromatic N) is 2. The number of aromatic nitrogens is 2. The van der Waals surface area contributed by atoms with Crippen LogP contribution in [-0.4, -0.2) is 22.9 Å². The fourth-order valence-electron chi connectivity index (χ4n) is 2.34. The van der Waals surface area contributed by atoms with Crippen LogP contribution >= 0.6 is 15.9 Å². The van der Waals surface area contributed by atoms with E-state index in [4.69, 9.17) is 4.74 Å². The fourth-order valence-corrected chi connectivity index (χ4v) is 2.93. The lowest BCUT2D eigenvalue weighted by atomic mass is 10.2. The Balaban J connectivity index is 1.70. The third-order valence-corrected chi connectivity index (χ3v) is 4.53. The predicted octanol–water partition coefficient (Wildman–Crippen LogP) is 3.26. The van der Waals surface area contributed by atoms with Crippen molar-refractivity contribution >= 4 is 15.9 Å². The largest absolute Gasteiger partial charge is 0.496 e. The van der Waals surface area contributed by atoms with Crippen LogP contribution in [0.1, 0.15) is 29.7 Å². The summed E-state index contributed by atoms with van der Waals surface area (Å²) in [6.07, 6.45) is 4.60. The molecule has 1 saturated carbocycles. The summed E-state index contributed by atoms with van der Waals surface area (Å²) in [6, 6.07) is 6.87. The van der Waals surface area contributed by atoms with Gasteiger partial charge in [-0.25, -0.2) is 0 Å². The molecule has 1 aromatic heterocycles. The summed E-state index contributed by atoms with van der Waals surface area (Å²) < 4.78 is 8.29. The van der Waals surface area contributed by atoms with Gasteiger partial charge in [-0.05, 0) is 53.4 Å². The van der Waals surface area contributed by atoms with Gasteiger partial charge in [-0.15, -0.1) is 0 Å². The Kier molecular flexibility index (Phi) is 4.31. The molecule has 4 nitrogen and oxygen atoms in total. The summed E-state index contributed by atoms with van der Waals surface area (Å²) in [5, 5.41) is 8.05. The lowest BCUT2D eigenvalue weighted by Crippen LogP contribution is -2.16. The number of ether oxygens (including phenoxy) is 1. The monoisotopic (exact) mass is 349 g/mol. The Morgan fingerprint density at radius 2 is 2.24 bits per heavy atom. The Morgan fingerprint density at radius 3 is 2.90 bits per heavy atom. The van der Waals surface area contributed by atoms with Crippen LogP contribution in [0.5, 0.6) is 5.75 Å². The van der Waals surface area contributed by atoms with Gasteiger partial charge in [0, 0.05) is 23.8 Å². The zero-order valence-corrected chi connectivity index (χ0v) is 14.0. The van der Waals surface area contributed by atoms with Crippen molar-refractivity contribution in [1.82, 2.24) is 15.1 Å². The van der Waals surface area contributed by atoms with Crippen molar-refractivity contribution in [3.63, 3.8) is 0 Å². The summed E-state index contributed by atoms with van der Waals surface area (Å²) in [5.74, 6) is 0.852. The van der Waals surface area contributed by atoms with Crippen molar-refractivity contribution in [2.75, 3.05) is 7.11 Å². The minimum absolute atomic E-state index is 0.727. The molecule has 0 bridgehead atoms. The summed E-state index contributed by atoms with van der Waals surface area (Å²) in [7, 11) is 1.68. The lowest BCUT2D eigenvalue weighted by Gasteiger charge is -2.09. The first-order valence-electron chi connectivity index (χ1n) is 7.24. The highest BCUT2D eigenvalue weighted by Gasteiger charge is 2.20. The van der Waals surface area contributed by atoms with Crippen LogP contribution in [0.15, 0.2) is 28.9 Å². The van der Waals surface area contributed by atoms with Gasteiger partial charge in [0.25, 0.3) is 0 Å². The highest BCUT2D eigenvalue weighted by Crippen LogP contribution is 2.26. The number of hydrogen-bond donors (Lipinski definition) is 1. The van der Waals surface area contributed by atoms with E-state index >= 15 is 0 Å². The first-order chi connectivity index (χ1) is 10.2. The molecule has 5 heteroatoms. The number of methoxy groups -OCH3 is 1. The summed E-state index contributed by atoms with van der Waals surface area (Å²) >= 11 is 3.53. The van der Waals surface area contributed by atoms with E-state index in [1.54, 1.807) is 7.11 Å². The third-order valence-electron chi connectivity index (χ3n) is 3.91. The van der Waals surface area contributed by atoms with E-state index in [9.17, 15) is 0 Å². The Hall–Kier alpha value is -1.33. The first kappa shape index (κ1) is 14.6. The van der Waals surface area contributed by atoms with Gasteiger partial charge < -0.3 is 10.1 Å². The molecule has 21 heavy (non-hydrogen) atoms. The summed E-state index contributed by atoms with van der Waals surface area (Å²) in [5.41, 5.74) is 3.72. The van der Waals surface area contributed by atoms with Gasteiger partial charge in [0.15, 0.2) is 0 Å². The standard InChI is InChI=1S/C16H20BrN3O/c1-11-13(8-18-14-4-5-14)9-19-20(11)10-12-3-6-16(21-2)15(17)7-12/h3,6-7,9,14,18H,4-5,8,10H2,1-2H3. The topological polar surface area (TPSA) is 39.1 Å². The van der Waals surface area contributed by atoms with Gasteiger partial charge in [0.05, 0.1) is 24.3 Å². The van der Waals surface area contributed by atoms with Gasteiger partial charge in [0.1, 0.15) is 5.75 Å². The number of nitrogens with one attached hydrogen (secondary N) is 1. The molecule has 0 saturated heterocycles. The molecule has 0 spiro atoms. The van der Waals surface area contributed by atoms with Crippen molar-refractivity contribution in [3.8, 4) is 5.75 Å². The molecular formula is C16H20BrN3O. The molecule has 0 amide bonds. The number of halogens is 1. The van der Waals surface area contributed by atoms with Gasteiger partial charge in [-0.3, -0.25) is 4.68 Å². The quantitative estimate of drug-likeness (QED) is 0.869. The molecule has 1 aliphatic rings. The van der Waals surface area contributed by atoms with Crippen molar-refractivity contribution < 1.29 is 4.74 Å². The molecule has 1 heterocycles. The van der Waals surface area contributed by atoms with Gasteiger partial charge in [0.2, 0.25) is 0 Å². The molecule has 1 aromatic carbocycles. The fraction of sp³-hybridized carbons (Fsp3) is 0.438. The van der Waals surface area contributed by atoms with E-state index in [1.165, 1.54) is 29.7 Å². The molecule has 2 aromatic rings. The van der Waals surface area contributed by atoms with Crippen LogP contribution < -0.4 is 10.1 Å². The SMILES string of the molecule is COc1ccc(Cn2ncc(CNC3CC3)c2C)cc1Br. The van der Waals surface area contributed by atoms with Crippen LogP contribution in [0.2, 0.25) is 0 Å². The van der Waals surface area contributed by atoms with Crippen LogP contribution in [0, 0.1) is 6.92 Å². The Morgan fingerprint density at radius 1 is 1.43 bits per heavy atom. The highest BCUT2D eigenvalue weighted by molar-refractivity contribution is 9.10. The van der Waals surface area contributed by atoms with E-state index in [0.717, 1.165) is 29.4 Å². The third kappa shape index (κ3) is 3.47. The number of hydrogen-bond acceptors (Lipinski definition) is 3. The maximum Gasteiger partial charge on any atom is 0.133 e. The second kappa shape index (κ2) is 6.20. The molecule has 112 valence electrons. The maximum atomic E-state index is 5.26. The van der Waals surface area contributed by atoms with Crippen molar-refractivity contribution in [2.45, 2.75) is 38.9 Å². The number of benzene rings is 1. The number of rotatable bonds is 6. The smallest absolute Gasteiger partial charge is 0.133 e. The lowest BCUT2D eigenvalue weighted by molar-refractivity contribution is 0.412. The second-order valence-electron chi connectivity index (χ2n) is 5.54. The molecule has 0 atom stereocenters. The highest BCUT2D eigenvalue weighted by atomic mass is 79.9. The molecule has 1 N–H and O–H groups in total.